The van der Waals surface area contributed by atoms with E-state index in [4.69, 9.17) is 9.47 Å². The van der Waals surface area contributed by atoms with Gasteiger partial charge in [0.25, 0.3) is 17.0 Å². The number of thioether (sulfide) groups is 1. The lowest BCUT2D eigenvalue weighted by atomic mass is 10.0. The summed E-state index contributed by atoms with van der Waals surface area (Å²) >= 11 is 4.89. The number of amides is 1. The van der Waals surface area contributed by atoms with Gasteiger partial charge < -0.3 is 14.6 Å². The van der Waals surface area contributed by atoms with Crippen molar-refractivity contribution in [2.75, 3.05) is 17.9 Å². The van der Waals surface area contributed by atoms with Gasteiger partial charge in [0, 0.05) is 16.0 Å². The molecule has 1 amide bonds. The number of ether oxygens (including phenoxy) is 2. The van der Waals surface area contributed by atoms with E-state index in [0.717, 1.165) is 5.56 Å². The molecule has 31 heavy (non-hydrogen) atoms. The van der Waals surface area contributed by atoms with Crippen molar-refractivity contribution in [3.8, 4) is 28.6 Å². The largest absolute Gasteiger partial charge is 0.854 e. The summed E-state index contributed by atoms with van der Waals surface area (Å²) < 4.78 is 13.4. The van der Waals surface area contributed by atoms with Crippen LogP contribution in [0.2, 0.25) is 0 Å². The highest BCUT2D eigenvalue weighted by Crippen LogP contribution is 2.45. The molecule has 2 aliphatic rings. The van der Waals surface area contributed by atoms with Gasteiger partial charge in [-0.1, -0.05) is 51.4 Å². The molecule has 158 valence electrons. The summed E-state index contributed by atoms with van der Waals surface area (Å²) in [5, 5.41) is 18.0. The molecular formula is C21H17BrN4O4S. The first-order valence-corrected chi connectivity index (χ1v) is 11.6. The zero-order chi connectivity index (χ0) is 21.7. The van der Waals surface area contributed by atoms with E-state index in [9.17, 15) is 9.90 Å². The van der Waals surface area contributed by atoms with Crippen molar-refractivity contribution in [3.05, 3.63) is 46.4 Å². The Kier molecular flexibility index (Phi) is 4.98. The first-order valence-electron chi connectivity index (χ1n) is 9.58. The van der Waals surface area contributed by atoms with Crippen LogP contribution in [0.4, 0.5) is 5.69 Å². The van der Waals surface area contributed by atoms with Crippen molar-refractivity contribution >= 4 is 39.3 Å². The molecule has 1 atom stereocenters. The molecule has 3 heterocycles. The Balaban J connectivity index is 1.84. The number of nitrogens with zero attached hydrogens (tertiary/aromatic N) is 4. The molecule has 0 bridgehead atoms. The molecule has 10 heteroatoms. The summed E-state index contributed by atoms with van der Waals surface area (Å²) in [5.41, 5.74) is 2.32. The highest BCUT2D eigenvalue weighted by atomic mass is 79.9. The average Bonchev–Trinajstić information content (AvgIpc) is 3.23. The van der Waals surface area contributed by atoms with Crippen LogP contribution in [0, 0.1) is 0 Å². The number of carbonyl (C=O) groups excluding carboxylic acids is 1. The Morgan fingerprint density at radius 3 is 2.81 bits per heavy atom. The monoisotopic (exact) mass is 500 g/mol. The van der Waals surface area contributed by atoms with E-state index in [-0.39, 0.29) is 19.1 Å². The quantitative estimate of drug-likeness (QED) is 0.403. The third-order valence-electron chi connectivity index (χ3n) is 5.24. The molecule has 8 nitrogen and oxygen atoms in total. The second-order valence-electron chi connectivity index (χ2n) is 6.93. The van der Waals surface area contributed by atoms with Crippen LogP contribution in [0.5, 0.6) is 17.4 Å². The van der Waals surface area contributed by atoms with Gasteiger partial charge in [-0.2, -0.15) is 0 Å². The molecule has 1 aromatic heterocycles. The van der Waals surface area contributed by atoms with Gasteiger partial charge in [-0.15, -0.1) is 0 Å². The van der Waals surface area contributed by atoms with E-state index < -0.39 is 12.0 Å². The first kappa shape index (κ1) is 20.1. The van der Waals surface area contributed by atoms with Gasteiger partial charge in [0.1, 0.15) is 0 Å². The Morgan fingerprint density at radius 2 is 2.06 bits per heavy atom. The predicted octanol–water partition coefficient (Wildman–Crippen LogP) is 3.02. The Labute approximate surface area is 190 Å². The number of benzene rings is 2. The Bertz CT molecular complexity index is 1220. The maximum absolute atomic E-state index is 13.2. The summed E-state index contributed by atoms with van der Waals surface area (Å²) in [6, 6.07) is 11.0. The van der Waals surface area contributed by atoms with E-state index >= 15 is 0 Å². The summed E-state index contributed by atoms with van der Waals surface area (Å²) in [7, 11) is 0. The van der Waals surface area contributed by atoms with Gasteiger partial charge in [-0.05, 0) is 30.5 Å². The lowest BCUT2D eigenvalue weighted by Gasteiger charge is -2.33. The predicted molar refractivity (Wildman–Crippen MR) is 115 cm³/mol. The van der Waals surface area contributed by atoms with Gasteiger partial charge in [0.15, 0.2) is 11.5 Å². The fourth-order valence-electron chi connectivity index (χ4n) is 3.87. The number of para-hydroxylation sites is 1. The molecule has 5 rings (SSSR count). The molecule has 0 fully saturated rings. The number of fused-ring (bicyclic) bond motifs is 4. The number of carbonyl (C=O) groups is 1. The number of aromatic nitrogens is 3. The zero-order valence-electron chi connectivity index (χ0n) is 16.7. The van der Waals surface area contributed by atoms with Crippen molar-refractivity contribution in [1.29, 1.82) is 0 Å². The molecule has 1 unspecified atom stereocenters. The maximum atomic E-state index is 13.2. The lowest BCUT2D eigenvalue weighted by Crippen LogP contribution is -2.59. The van der Waals surface area contributed by atoms with Crippen LogP contribution < -0.4 is 24.2 Å². The van der Waals surface area contributed by atoms with Crippen LogP contribution in [0.15, 0.2) is 46.0 Å². The number of rotatable bonds is 3. The summed E-state index contributed by atoms with van der Waals surface area (Å²) in [6.45, 7) is 1.94. The smallest absolute Gasteiger partial charge is 0.294 e. The van der Waals surface area contributed by atoms with Crippen LogP contribution in [-0.4, -0.2) is 29.0 Å². The molecule has 0 saturated carbocycles. The van der Waals surface area contributed by atoms with Gasteiger partial charge >= 0.3 is 0 Å². The minimum absolute atomic E-state index is 0.100. The summed E-state index contributed by atoms with van der Waals surface area (Å²) in [5.74, 6) is 0.696. The van der Waals surface area contributed by atoms with E-state index in [1.807, 2.05) is 43.3 Å². The van der Waals surface area contributed by atoms with E-state index in [1.54, 1.807) is 15.8 Å². The van der Waals surface area contributed by atoms with Gasteiger partial charge in [0.2, 0.25) is 12.7 Å². The van der Waals surface area contributed by atoms with Crippen molar-refractivity contribution in [3.63, 3.8) is 0 Å². The third-order valence-corrected chi connectivity index (χ3v) is 6.47. The van der Waals surface area contributed by atoms with Gasteiger partial charge in [-0.3, -0.25) is 4.79 Å². The number of hydrogen-bond acceptors (Lipinski definition) is 7. The Hall–Kier alpha value is -2.85. The standard InChI is InChI=1S/C21H17BrN4O4S/c1-3-17(27)25-14-7-5-4-6-11(14)18-19(28)23-21(31-2)24-26(18)20(25)12-8-15-16(9-13(12)22)30-10-29-15/h4-9,20H,3,10H2,1-2H3. The van der Waals surface area contributed by atoms with Crippen molar-refractivity contribution in [2.45, 2.75) is 24.7 Å². The van der Waals surface area contributed by atoms with Crippen LogP contribution in [-0.2, 0) is 4.79 Å². The van der Waals surface area contributed by atoms with Crippen LogP contribution in [0.25, 0.3) is 11.3 Å². The Morgan fingerprint density at radius 1 is 1.32 bits per heavy atom. The molecule has 0 radical (unpaired) electrons. The minimum Gasteiger partial charge on any atom is -0.854 e. The van der Waals surface area contributed by atoms with Crippen molar-refractivity contribution in [1.82, 2.24) is 10.1 Å². The fourth-order valence-corrected chi connectivity index (χ4v) is 4.74. The van der Waals surface area contributed by atoms with Gasteiger partial charge in [0.05, 0.1) is 22.7 Å². The molecule has 0 N–H and O–H groups in total. The molecule has 0 saturated heterocycles. The van der Waals surface area contributed by atoms with Gasteiger partial charge in [-0.25, -0.2) is 9.88 Å². The molecule has 3 aromatic rings. The second kappa shape index (κ2) is 7.69. The van der Waals surface area contributed by atoms with Crippen LogP contribution in [0.3, 0.4) is 0 Å². The third kappa shape index (κ3) is 3.12. The second-order valence-corrected chi connectivity index (χ2v) is 8.56. The van der Waals surface area contributed by atoms with E-state index in [2.05, 4.69) is 26.0 Å². The van der Waals surface area contributed by atoms with E-state index in [0.29, 0.717) is 38.1 Å². The zero-order valence-corrected chi connectivity index (χ0v) is 19.1. The first-order chi connectivity index (χ1) is 15.0. The van der Waals surface area contributed by atoms with Crippen molar-refractivity contribution < 1.29 is 24.1 Å². The maximum Gasteiger partial charge on any atom is 0.294 e. The van der Waals surface area contributed by atoms with Crippen molar-refractivity contribution in [2.24, 2.45) is 0 Å². The summed E-state index contributed by atoms with van der Waals surface area (Å²) in [6.07, 6.45) is 1.38. The number of hydrogen-bond donors (Lipinski definition) is 0. The molecule has 0 spiro atoms. The number of halogens is 1. The average molecular weight is 501 g/mol. The molecule has 2 aliphatic heterocycles. The molecular weight excluding hydrogens is 484 g/mol. The normalized spacial score (nSPS) is 16.1. The SMILES string of the molecule is CCC(=O)N1c2ccccc2-c2c([O-])nc(SC)n[n+]2C1c1cc2c(cc1Br)OCO2. The minimum atomic E-state index is -0.706. The highest BCUT2D eigenvalue weighted by Gasteiger charge is 2.45. The lowest BCUT2D eigenvalue weighted by molar-refractivity contribution is -0.764. The van der Waals surface area contributed by atoms with Crippen LogP contribution in [0.1, 0.15) is 25.1 Å². The summed E-state index contributed by atoms with van der Waals surface area (Å²) in [4.78, 5) is 19.0. The topological polar surface area (TPSA) is 91.5 Å². The van der Waals surface area contributed by atoms with E-state index in [1.165, 1.54) is 11.8 Å². The molecule has 0 aliphatic carbocycles. The number of anilines is 1. The van der Waals surface area contributed by atoms with Crippen LogP contribution >= 0.6 is 27.7 Å². The fraction of sp³-hybridized carbons (Fsp3) is 0.238. The highest BCUT2D eigenvalue weighted by molar-refractivity contribution is 9.10. The molecule has 2 aromatic carbocycles.